The van der Waals surface area contributed by atoms with Crippen LogP contribution in [-0.4, -0.2) is 38.3 Å². The number of rotatable bonds is 18. The number of aromatic nitrogens is 4. The summed E-state index contributed by atoms with van der Waals surface area (Å²) in [7, 11) is 0. The first kappa shape index (κ1) is 32.6. The zero-order valence-corrected chi connectivity index (χ0v) is 26.1. The van der Waals surface area contributed by atoms with Gasteiger partial charge in [-0.15, -0.1) is 5.10 Å². The van der Waals surface area contributed by atoms with Gasteiger partial charge in [0.05, 0.1) is 24.4 Å². The van der Waals surface area contributed by atoms with Gasteiger partial charge < -0.3 is 10.1 Å². The number of benzene rings is 1. The van der Waals surface area contributed by atoms with Crippen molar-refractivity contribution in [2.45, 2.75) is 123 Å². The van der Waals surface area contributed by atoms with Crippen LogP contribution in [0.15, 0.2) is 24.3 Å². The standard InChI is InChI=1S/C32H48ClN5O3/c1-5-6-7-8-9-10-11-12-13-14-15-18-23-41-27(40)22-21-26(39)34-25-20-17-16-19-24(25)30-35-31-28(33)29(32(2,3)4)36-38(31)37-30/h16-17,19-20,36H,5-15,18,21-23H2,1-4H3,(H,34,39). The van der Waals surface area contributed by atoms with E-state index < -0.39 is 0 Å². The molecule has 1 aromatic carbocycles. The summed E-state index contributed by atoms with van der Waals surface area (Å²) >= 11 is 6.57. The van der Waals surface area contributed by atoms with Gasteiger partial charge >= 0.3 is 5.97 Å². The molecular formula is C32H48ClN5O3. The van der Waals surface area contributed by atoms with E-state index in [4.69, 9.17) is 16.3 Å². The second-order valence-corrected chi connectivity index (χ2v) is 12.3. The molecule has 0 atom stereocenters. The van der Waals surface area contributed by atoms with Crippen LogP contribution in [0.4, 0.5) is 5.69 Å². The topological polar surface area (TPSA) is 101 Å². The second-order valence-electron chi connectivity index (χ2n) is 11.9. The van der Waals surface area contributed by atoms with E-state index in [1.807, 2.05) is 18.2 Å². The van der Waals surface area contributed by atoms with Crippen molar-refractivity contribution in [2.24, 2.45) is 0 Å². The Morgan fingerprint density at radius 1 is 0.927 bits per heavy atom. The van der Waals surface area contributed by atoms with Crippen LogP contribution in [0, 0.1) is 0 Å². The van der Waals surface area contributed by atoms with Crippen molar-refractivity contribution in [3.8, 4) is 11.4 Å². The molecule has 0 unspecified atom stereocenters. The third-order valence-corrected chi connectivity index (χ3v) is 7.61. The van der Waals surface area contributed by atoms with Gasteiger partial charge in [-0.3, -0.25) is 14.7 Å². The van der Waals surface area contributed by atoms with Crippen LogP contribution in [0.5, 0.6) is 0 Å². The predicted molar refractivity (Wildman–Crippen MR) is 166 cm³/mol. The molecule has 3 aromatic rings. The number of carbonyl (C=O) groups excluding carboxylic acids is 2. The number of amides is 1. The summed E-state index contributed by atoms with van der Waals surface area (Å²) in [6.45, 7) is 8.85. The molecule has 0 aliphatic heterocycles. The van der Waals surface area contributed by atoms with Crippen LogP contribution in [0.3, 0.4) is 0 Å². The molecule has 9 heteroatoms. The Kier molecular flexibility index (Phi) is 13.2. The molecule has 1 amide bonds. The molecule has 0 aliphatic rings. The van der Waals surface area contributed by atoms with E-state index in [2.05, 4.69) is 48.2 Å². The van der Waals surface area contributed by atoms with E-state index >= 15 is 0 Å². The van der Waals surface area contributed by atoms with Gasteiger partial charge in [0.25, 0.3) is 0 Å². The van der Waals surface area contributed by atoms with Crippen molar-refractivity contribution in [2.75, 3.05) is 11.9 Å². The van der Waals surface area contributed by atoms with Gasteiger partial charge in [-0.1, -0.05) is 122 Å². The lowest BCUT2D eigenvalue weighted by Gasteiger charge is -2.16. The highest BCUT2D eigenvalue weighted by Crippen LogP contribution is 2.33. The van der Waals surface area contributed by atoms with Gasteiger partial charge in [0, 0.05) is 17.4 Å². The van der Waals surface area contributed by atoms with E-state index in [9.17, 15) is 9.59 Å². The molecule has 226 valence electrons. The zero-order valence-electron chi connectivity index (χ0n) is 25.4. The molecule has 2 heterocycles. The Labute approximate surface area is 250 Å². The monoisotopic (exact) mass is 585 g/mol. The number of H-pyrrole nitrogens is 1. The fraction of sp³-hybridized carbons (Fsp3) is 0.625. The Morgan fingerprint density at radius 3 is 2.15 bits per heavy atom. The van der Waals surface area contributed by atoms with Gasteiger partial charge in [-0.2, -0.15) is 4.63 Å². The fourth-order valence-electron chi connectivity index (χ4n) is 4.83. The Morgan fingerprint density at radius 2 is 1.54 bits per heavy atom. The summed E-state index contributed by atoms with van der Waals surface area (Å²) in [6.07, 6.45) is 15.2. The summed E-state index contributed by atoms with van der Waals surface area (Å²) in [5.41, 5.74) is 2.44. The number of unbranched alkanes of at least 4 members (excludes halogenated alkanes) is 11. The number of fused-ring (bicyclic) bond motifs is 1. The van der Waals surface area contributed by atoms with Crippen molar-refractivity contribution in [1.82, 2.24) is 19.8 Å². The Hall–Kier alpha value is -2.87. The number of ether oxygens (including phenoxy) is 1. The third kappa shape index (κ3) is 10.5. The van der Waals surface area contributed by atoms with Crippen molar-refractivity contribution < 1.29 is 14.3 Å². The first-order valence-corrected chi connectivity index (χ1v) is 15.8. The highest BCUT2D eigenvalue weighted by molar-refractivity contribution is 6.34. The quantitative estimate of drug-likeness (QED) is 0.115. The molecule has 0 radical (unpaired) electrons. The van der Waals surface area contributed by atoms with E-state index in [0.717, 1.165) is 18.5 Å². The molecule has 8 nitrogen and oxygen atoms in total. The minimum absolute atomic E-state index is 0.0448. The van der Waals surface area contributed by atoms with Crippen molar-refractivity contribution >= 4 is 34.8 Å². The maximum Gasteiger partial charge on any atom is 0.306 e. The fourth-order valence-corrected chi connectivity index (χ4v) is 5.27. The lowest BCUT2D eigenvalue weighted by atomic mass is 9.92. The molecule has 0 saturated carbocycles. The number of nitrogens with one attached hydrogen (secondary N) is 2. The van der Waals surface area contributed by atoms with Gasteiger partial charge in [0.15, 0.2) is 11.5 Å². The Bertz CT molecular complexity index is 1240. The van der Waals surface area contributed by atoms with E-state index in [-0.39, 0.29) is 30.1 Å². The molecule has 2 N–H and O–H groups in total. The average molecular weight is 586 g/mol. The normalized spacial score (nSPS) is 11.7. The summed E-state index contributed by atoms with van der Waals surface area (Å²) in [5, 5.41) is 11.2. The minimum atomic E-state index is -0.342. The van der Waals surface area contributed by atoms with Crippen LogP contribution in [0.1, 0.15) is 123 Å². The maximum absolute atomic E-state index is 12.6. The number of para-hydroxylation sites is 1. The van der Waals surface area contributed by atoms with Crippen LogP contribution in [0.25, 0.3) is 17.0 Å². The number of nitrogens with zero attached hydrogens (tertiary/aromatic N) is 3. The largest absolute Gasteiger partial charge is 0.466 e. The van der Waals surface area contributed by atoms with Crippen LogP contribution >= 0.6 is 11.6 Å². The smallest absolute Gasteiger partial charge is 0.306 e. The van der Waals surface area contributed by atoms with Crippen molar-refractivity contribution in [1.29, 1.82) is 0 Å². The number of hydrogen-bond acceptors (Lipinski definition) is 5. The summed E-state index contributed by atoms with van der Waals surface area (Å²) in [5.74, 6) is -0.167. The number of esters is 1. The molecule has 0 spiro atoms. The molecule has 2 aromatic heterocycles. The molecule has 0 aliphatic carbocycles. The lowest BCUT2D eigenvalue weighted by Crippen LogP contribution is -2.15. The van der Waals surface area contributed by atoms with Gasteiger partial charge in [-0.05, 0) is 18.6 Å². The summed E-state index contributed by atoms with van der Waals surface area (Å²) < 4.78 is 6.90. The summed E-state index contributed by atoms with van der Waals surface area (Å²) in [4.78, 5) is 29.4. The molecule has 3 rings (SSSR count). The molecule has 0 fully saturated rings. The number of carbonyl (C=O) groups is 2. The maximum atomic E-state index is 12.6. The highest BCUT2D eigenvalue weighted by Gasteiger charge is 2.25. The number of anilines is 1. The predicted octanol–water partition coefficient (Wildman–Crippen LogP) is 8.64. The van der Waals surface area contributed by atoms with Crippen molar-refractivity contribution in [3.05, 3.63) is 35.0 Å². The van der Waals surface area contributed by atoms with Crippen molar-refractivity contribution in [3.63, 3.8) is 0 Å². The first-order valence-electron chi connectivity index (χ1n) is 15.4. The molecule has 0 bridgehead atoms. The number of hydrogen-bond donors (Lipinski definition) is 2. The first-order chi connectivity index (χ1) is 19.7. The van der Waals surface area contributed by atoms with Gasteiger partial charge in [0.1, 0.15) is 5.02 Å². The second kappa shape index (κ2) is 16.5. The molecular weight excluding hydrogens is 538 g/mol. The minimum Gasteiger partial charge on any atom is -0.466 e. The molecule has 41 heavy (non-hydrogen) atoms. The third-order valence-electron chi connectivity index (χ3n) is 7.25. The van der Waals surface area contributed by atoms with Crippen LogP contribution in [0.2, 0.25) is 5.02 Å². The van der Waals surface area contributed by atoms with E-state index in [1.54, 1.807) is 10.7 Å². The lowest BCUT2D eigenvalue weighted by molar-refractivity contribution is -0.144. The summed E-state index contributed by atoms with van der Waals surface area (Å²) in [6, 6.07) is 7.31. The van der Waals surface area contributed by atoms with Crippen LogP contribution in [-0.2, 0) is 19.7 Å². The van der Waals surface area contributed by atoms with E-state index in [0.29, 0.717) is 34.4 Å². The Balaban J connectivity index is 1.34. The van der Waals surface area contributed by atoms with Gasteiger partial charge in [-0.25, -0.2) is 4.98 Å². The molecule has 0 saturated heterocycles. The average Bonchev–Trinajstić information content (AvgIpc) is 3.49. The van der Waals surface area contributed by atoms with Crippen LogP contribution < -0.4 is 5.32 Å². The highest BCUT2D eigenvalue weighted by atomic mass is 35.5. The SMILES string of the molecule is CCCCCCCCCCCCCCOC(=O)CCC(=O)Nc1ccccc1-c1nc2c(Cl)c(C(C)(C)C)[nH]n2n1. The number of aromatic amines is 1. The number of halogens is 1. The van der Waals surface area contributed by atoms with Gasteiger partial charge in [0.2, 0.25) is 5.91 Å². The zero-order chi connectivity index (χ0) is 29.7. The van der Waals surface area contributed by atoms with E-state index in [1.165, 1.54) is 64.2 Å².